The van der Waals surface area contributed by atoms with Gasteiger partial charge in [0, 0.05) is 0 Å². The highest BCUT2D eigenvalue weighted by Crippen LogP contribution is 2.25. The molecule has 0 radical (unpaired) electrons. The van der Waals surface area contributed by atoms with E-state index >= 15 is 0 Å². The Balaban J connectivity index is 2.56. The van der Waals surface area contributed by atoms with Gasteiger partial charge in [-0.1, -0.05) is 26.0 Å². The zero-order chi connectivity index (χ0) is 9.84. The molecule has 13 heavy (non-hydrogen) atoms. The first kappa shape index (κ1) is 9.96. The second kappa shape index (κ2) is 4.21. The maximum absolute atomic E-state index is 11.1. The van der Waals surface area contributed by atoms with E-state index in [-0.39, 0.29) is 24.2 Å². The lowest BCUT2D eigenvalue weighted by molar-refractivity contribution is -0.153. The maximum atomic E-state index is 11.1. The van der Waals surface area contributed by atoms with Crippen molar-refractivity contribution in [3.8, 4) is 0 Å². The fraction of sp³-hybridized carbons (Fsp3) is 0.600. The van der Waals surface area contributed by atoms with Crippen molar-refractivity contribution in [2.24, 2.45) is 11.8 Å². The highest BCUT2D eigenvalue weighted by molar-refractivity contribution is 5.94. The third kappa shape index (κ3) is 2.41. The number of esters is 2. The Morgan fingerprint density at radius 2 is 2.31 bits per heavy atom. The summed E-state index contributed by atoms with van der Waals surface area (Å²) in [5.74, 6) is -0.945. The summed E-state index contributed by atoms with van der Waals surface area (Å²) in [6.45, 7) is 3.96. The van der Waals surface area contributed by atoms with Crippen LogP contribution in [0.15, 0.2) is 12.2 Å². The molecule has 1 aliphatic rings. The fourth-order valence-corrected chi connectivity index (χ4v) is 1.38. The van der Waals surface area contributed by atoms with Gasteiger partial charge in [0.05, 0.1) is 12.3 Å². The van der Waals surface area contributed by atoms with E-state index in [1.807, 2.05) is 26.0 Å². The van der Waals surface area contributed by atoms with Crippen molar-refractivity contribution in [1.29, 1.82) is 0 Å². The van der Waals surface area contributed by atoms with Crippen LogP contribution in [0.5, 0.6) is 0 Å². The quantitative estimate of drug-likeness (QED) is 0.379. The summed E-state index contributed by atoms with van der Waals surface area (Å²) >= 11 is 0. The molecule has 0 spiro atoms. The van der Waals surface area contributed by atoms with Crippen LogP contribution in [0.1, 0.15) is 26.7 Å². The van der Waals surface area contributed by atoms with Crippen LogP contribution >= 0.6 is 0 Å². The first-order valence-electron chi connectivity index (χ1n) is 4.56. The number of allylic oxidation sites excluding steroid dienone is 2. The smallest absolute Gasteiger partial charge is 0.317 e. The van der Waals surface area contributed by atoms with E-state index in [1.54, 1.807) is 0 Å². The summed E-state index contributed by atoms with van der Waals surface area (Å²) in [6, 6.07) is 0. The molecular weight excluding hydrogens is 168 g/mol. The third-order valence-electron chi connectivity index (χ3n) is 2.21. The Hall–Kier alpha value is -1.12. The standard InChI is InChI=1S/C10H14O3/c1-3-4-5-7(2)8-6-9(11)13-10(8)12/h4-5,7-8H,3,6H2,1-2H3/b5-4+. The van der Waals surface area contributed by atoms with Crippen LogP contribution in [0, 0.1) is 11.8 Å². The summed E-state index contributed by atoms with van der Waals surface area (Å²) in [7, 11) is 0. The van der Waals surface area contributed by atoms with E-state index in [9.17, 15) is 9.59 Å². The fourth-order valence-electron chi connectivity index (χ4n) is 1.38. The van der Waals surface area contributed by atoms with Crippen LogP contribution < -0.4 is 0 Å². The largest absolute Gasteiger partial charge is 0.393 e. The number of rotatable bonds is 3. The molecule has 1 heterocycles. The Kier molecular flexibility index (Phi) is 3.23. The molecule has 2 unspecified atom stereocenters. The monoisotopic (exact) mass is 182 g/mol. The molecule has 0 saturated carbocycles. The topological polar surface area (TPSA) is 43.4 Å². The summed E-state index contributed by atoms with van der Waals surface area (Å²) < 4.78 is 4.46. The minimum absolute atomic E-state index is 0.0962. The average Bonchev–Trinajstić information content (AvgIpc) is 2.41. The molecule has 0 aromatic heterocycles. The number of hydrogen-bond donors (Lipinski definition) is 0. The van der Waals surface area contributed by atoms with E-state index in [0.29, 0.717) is 0 Å². The molecule has 0 aromatic rings. The van der Waals surface area contributed by atoms with E-state index in [4.69, 9.17) is 0 Å². The summed E-state index contributed by atoms with van der Waals surface area (Å²) in [6.07, 6.45) is 5.14. The van der Waals surface area contributed by atoms with Crippen molar-refractivity contribution < 1.29 is 14.3 Å². The van der Waals surface area contributed by atoms with E-state index in [1.165, 1.54) is 0 Å². The number of cyclic esters (lactones) is 2. The lowest BCUT2D eigenvalue weighted by Gasteiger charge is -2.08. The lowest BCUT2D eigenvalue weighted by Crippen LogP contribution is -2.14. The molecular formula is C10H14O3. The Morgan fingerprint density at radius 1 is 1.62 bits per heavy atom. The molecule has 1 fully saturated rings. The van der Waals surface area contributed by atoms with Crippen molar-refractivity contribution in [3.63, 3.8) is 0 Å². The van der Waals surface area contributed by atoms with Gasteiger partial charge in [-0.25, -0.2) is 0 Å². The molecule has 72 valence electrons. The second-order valence-corrected chi connectivity index (χ2v) is 3.30. The van der Waals surface area contributed by atoms with Crippen LogP contribution in [0.2, 0.25) is 0 Å². The van der Waals surface area contributed by atoms with Gasteiger partial charge in [0.1, 0.15) is 0 Å². The van der Waals surface area contributed by atoms with Crippen LogP contribution in [0.3, 0.4) is 0 Å². The average molecular weight is 182 g/mol. The second-order valence-electron chi connectivity index (χ2n) is 3.30. The van der Waals surface area contributed by atoms with Crippen molar-refractivity contribution in [3.05, 3.63) is 12.2 Å². The summed E-state index contributed by atoms with van der Waals surface area (Å²) in [4.78, 5) is 21.9. The highest BCUT2D eigenvalue weighted by atomic mass is 16.6. The van der Waals surface area contributed by atoms with Gasteiger partial charge in [0.2, 0.25) is 0 Å². The van der Waals surface area contributed by atoms with Gasteiger partial charge in [-0.05, 0) is 12.3 Å². The van der Waals surface area contributed by atoms with Crippen molar-refractivity contribution in [2.45, 2.75) is 26.7 Å². The number of carbonyl (C=O) groups excluding carboxylic acids is 2. The Bertz CT molecular complexity index is 243. The predicted molar refractivity (Wildman–Crippen MR) is 47.8 cm³/mol. The minimum Gasteiger partial charge on any atom is -0.393 e. The van der Waals surface area contributed by atoms with Gasteiger partial charge >= 0.3 is 11.9 Å². The van der Waals surface area contributed by atoms with Crippen LogP contribution in [-0.2, 0) is 14.3 Å². The molecule has 3 heteroatoms. The maximum Gasteiger partial charge on any atom is 0.317 e. The van der Waals surface area contributed by atoms with E-state index in [2.05, 4.69) is 4.74 Å². The zero-order valence-electron chi connectivity index (χ0n) is 7.95. The van der Waals surface area contributed by atoms with E-state index in [0.717, 1.165) is 6.42 Å². The number of carbonyl (C=O) groups is 2. The van der Waals surface area contributed by atoms with Gasteiger partial charge in [-0.2, -0.15) is 0 Å². The molecule has 0 amide bonds. The van der Waals surface area contributed by atoms with Gasteiger partial charge < -0.3 is 4.74 Å². The van der Waals surface area contributed by atoms with Gasteiger partial charge in [-0.15, -0.1) is 0 Å². The SMILES string of the molecule is CC/C=C/C(C)C1CC(=O)OC1=O. The lowest BCUT2D eigenvalue weighted by atomic mass is 9.92. The molecule has 0 bridgehead atoms. The van der Waals surface area contributed by atoms with E-state index < -0.39 is 5.97 Å². The van der Waals surface area contributed by atoms with Gasteiger partial charge in [0.15, 0.2) is 0 Å². The van der Waals surface area contributed by atoms with Crippen LogP contribution in [0.4, 0.5) is 0 Å². The molecule has 0 aromatic carbocycles. The molecule has 2 atom stereocenters. The van der Waals surface area contributed by atoms with Gasteiger partial charge in [0.25, 0.3) is 0 Å². The van der Waals surface area contributed by atoms with Crippen LogP contribution in [-0.4, -0.2) is 11.9 Å². The van der Waals surface area contributed by atoms with Crippen LogP contribution in [0.25, 0.3) is 0 Å². The molecule has 1 aliphatic heterocycles. The first-order valence-corrected chi connectivity index (χ1v) is 4.56. The predicted octanol–water partition coefficient (Wildman–Crippen LogP) is 1.68. The third-order valence-corrected chi connectivity index (χ3v) is 2.21. The summed E-state index contributed by atoms with van der Waals surface area (Å²) in [5, 5.41) is 0. The normalized spacial score (nSPS) is 25.2. The van der Waals surface area contributed by atoms with Crippen molar-refractivity contribution in [2.75, 3.05) is 0 Å². The minimum atomic E-state index is -0.397. The number of hydrogen-bond acceptors (Lipinski definition) is 3. The summed E-state index contributed by atoms with van der Waals surface area (Å²) in [5.41, 5.74) is 0. The van der Waals surface area contributed by atoms with Gasteiger partial charge in [-0.3, -0.25) is 9.59 Å². The molecule has 0 aliphatic carbocycles. The molecule has 1 saturated heterocycles. The van der Waals surface area contributed by atoms with Crippen molar-refractivity contribution in [1.82, 2.24) is 0 Å². The molecule has 1 rings (SSSR count). The first-order chi connectivity index (χ1) is 6.15. The Labute approximate surface area is 77.8 Å². The van der Waals surface area contributed by atoms with Crippen molar-refractivity contribution >= 4 is 11.9 Å². The highest BCUT2D eigenvalue weighted by Gasteiger charge is 2.36. The molecule has 0 N–H and O–H groups in total. The molecule has 3 nitrogen and oxygen atoms in total. The zero-order valence-corrected chi connectivity index (χ0v) is 7.95. The Morgan fingerprint density at radius 3 is 2.77 bits per heavy atom. The number of ether oxygens (including phenoxy) is 1.